The van der Waals surface area contributed by atoms with E-state index in [9.17, 15) is 9.59 Å². The Kier molecular flexibility index (Phi) is 4.17. The summed E-state index contributed by atoms with van der Waals surface area (Å²) < 4.78 is 0. The second-order valence-electron chi connectivity index (χ2n) is 7.55. The number of rotatable bonds is 1. The minimum atomic E-state index is -0.347. The number of H-pyrrole nitrogens is 1. The molecular weight excluding hydrogens is 292 g/mol. The molecule has 1 amide bonds. The smallest absolute Gasteiger partial charge is 0.255 e. The fraction of sp³-hybridized carbons (Fsp3) is 0.706. The molecule has 2 heterocycles. The Labute approximate surface area is 136 Å². The minimum absolute atomic E-state index is 0.0119. The van der Waals surface area contributed by atoms with Gasteiger partial charge in [0.15, 0.2) is 0 Å². The topological polar surface area (TPSA) is 69.3 Å². The average molecular weight is 318 g/mol. The molecule has 1 aliphatic heterocycles. The number of aromatic amines is 1. The van der Waals surface area contributed by atoms with Crippen LogP contribution in [0.2, 0.25) is 0 Å². The first-order valence-corrected chi connectivity index (χ1v) is 8.52. The van der Waals surface area contributed by atoms with E-state index < -0.39 is 0 Å². The lowest BCUT2D eigenvalue weighted by Crippen LogP contribution is -2.52. The molecule has 0 unspecified atom stereocenters. The van der Waals surface area contributed by atoms with Gasteiger partial charge in [-0.3, -0.25) is 14.6 Å². The average Bonchev–Trinajstić information content (AvgIpc) is 2.53. The minimum Gasteiger partial charge on any atom is -0.339 e. The SMILES string of the molecule is CC(C)(C)C(=O)N1CCN(c2nc3c(c(=O)[nH]2)CCCC3)CC1. The molecule has 0 bridgehead atoms. The Morgan fingerprint density at radius 1 is 1.09 bits per heavy atom. The number of aromatic nitrogens is 2. The first-order valence-electron chi connectivity index (χ1n) is 8.52. The summed E-state index contributed by atoms with van der Waals surface area (Å²) in [4.78, 5) is 36.2. The van der Waals surface area contributed by atoms with Gasteiger partial charge in [-0.05, 0) is 25.7 Å². The predicted molar refractivity (Wildman–Crippen MR) is 89.7 cm³/mol. The summed E-state index contributed by atoms with van der Waals surface area (Å²) in [5.74, 6) is 0.850. The normalized spacial score (nSPS) is 18.7. The van der Waals surface area contributed by atoms with Gasteiger partial charge in [0.25, 0.3) is 5.56 Å². The van der Waals surface area contributed by atoms with Crippen molar-refractivity contribution in [1.29, 1.82) is 0 Å². The summed E-state index contributed by atoms with van der Waals surface area (Å²) in [7, 11) is 0. The van der Waals surface area contributed by atoms with E-state index in [4.69, 9.17) is 0 Å². The van der Waals surface area contributed by atoms with Crippen LogP contribution in [-0.2, 0) is 17.6 Å². The van der Waals surface area contributed by atoms with Crippen LogP contribution < -0.4 is 10.5 Å². The number of anilines is 1. The van der Waals surface area contributed by atoms with Gasteiger partial charge < -0.3 is 9.80 Å². The van der Waals surface area contributed by atoms with E-state index in [1.54, 1.807) is 0 Å². The Morgan fingerprint density at radius 2 is 1.74 bits per heavy atom. The zero-order valence-corrected chi connectivity index (χ0v) is 14.3. The number of hydrogen-bond donors (Lipinski definition) is 1. The van der Waals surface area contributed by atoms with Gasteiger partial charge in [0.05, 0.1) is 5.69 Å². The molecule has 6 nitrogen and oxygen atoms in total. The lowest BCUT2D eigenvalue weighted by atomic mass is 9.94. The van der Waals surface area contributed by atoms with Crippen molar-refractivity contribution < 1.29 is 4.79 Å². The van der Waals surface area contributed by atoms with Crippen molar-refractivity contribution in [3.63, 3.8) is 0 Å². The first-order chi connectivity index (χ1) is 10.9. The van der Waals surface area contributed by atoms with E-state index in [0.29, 0.717) is 32.1 Å². The highest BCUT2D eigenvalue weighted by molar-refractivity contribution is 5.81. The molecule has 1 aromatic rings. The number of hydrogen-bond acceptors (Lipinski definition) is 4. The largest absolute Gasteiger partial charge is 0.339 e. The highest BCUT2D eigenvalue weighted by Gasteiger charge is 2.30. The standard InChI is InChI=1S/C17H26N4O2/c1-17(2,3)15(23)20-8-10-21(11-9-20)16-18-13-7-5-4-6-12(13)14(22)19-16/h4-11H2,1-3H3,(H,18,19,22). The van der Waals surface area contributed by atoms with Crippen molar-refractivity contribution in [1.82, 2.24) is 14.9 Å². The Bertz CT molecular complexity index is 652. The van der Waals surface area contributed by atoms with Gasteiger partial charge in [0, 0.05) is 37.2 Å². The number of carbonyl (C=O) groups excluding carboxylic acids is 1. The van der Waals surface area contributed by atoms with Gasteiger partial charge in [0.1, 0.15) is 0 Å². The summed E-state index contributed by atoms with van der Waals surface area (Å²) in [5, 5.41) is 0. The number of nitrogens with one attached hydrogen (secondary N) is 1. The number of aryl methyl sites for hydroxylation is 1. The monoisotopic (exact) mass is 318 g/mol. The maximum atomic E-state index is 12.3. The maximum Gasteiger partial charge on any atom is 0.255 e. The van der Waals surface area contributed by atoms with Crippen LogP contribution in [-0.4, -0.2) is 47.0 Å². The van der Waals surface area contributed by atoms with Crippen LogP contribution in [0.1, 0.15) is 44.9 Å². The van der Waals surface area contributed by atoms with Crippen LogP contribution >= 0.6 is 0 Å². The van der Waals surface area contributed by atoms with Gasteiger partial charge in [0.2, 0.25) is 11.9 Å². The van der Waals surface area contributed by atoms with Crippen LogP contribution in [0.4, 0.5) is 5.95 Å². The van der Waals surface area contributed by atoms with Gasteiger partial charge in [-0.25, -0.2) is 4.98 Å². The molecule has 1 aromatic heterocycles. The quantitative estimate of drug-likeness (QED) is 0.848. The maximum absolute atomic E-state index is 12.3. The molecule has 0 radical (unpaired) electrons. The van der Waals surface area contributed by atoms with E-state index in [0.717, 1.165) is 36.9 Å². The van der Waals surface area contributed by atoms with Gasteiger partial charge in [-0.15, -0.1) is 0 Å². The molecule has 23 heavy (non-hydrogen) atoms. The summed E-state index contributed by atoms with van der Waals surface area (Å²) in [6.07, 6.45) is 3.92. The summed E-state index contributed by atoms with van der Waals surface area (Å²) >= 11 is 0. The van der Waals surface area contributed by atoms with Crippen LogP contribution in [0, 0.1) is 5.41 Å². The van der Waals surface area contributed by atoms with Gasteiger partial charge >= 0.3 is 0 Å². The van der Waals surface area contributed by atoms with Crippen molar-refractivity contribution in [2.45, 2.75) is 46.5 Å². The molecule has 1 fully saturated rings. The van der Waals surface area contributed by atoms with Crippen molar-refractivity contribution in [3.05, 3.63) is 21.6 Å². The van der Waals surface area contributed by atoms with Crippen molar-refractivity contribution in [2.24, 2.45) is 5.41 Å². The Balaban J connectivity index is 1.72. The molecule has 0 saturated carbocycles. The molecule has 126 valence electrons. The highest BCUT2D eigenvalue weighted by atomic mass is 16.2. The molecule has 1 aliphatic carbocycles. The van der Waals surface area contributed by atoms with Crippen molar-refractivity contribution in [2.75, 3.05) is 31.1 Å². The van der Waals surface area contributed by atoms with E-state index in [2.05, 4.69) is 14.9 Å². The molecule has 2 aliphatic rings. The second-order valence-corrected chi connectivity index (χ2v) is 7.55. The molecule has 0 aromatic carbocycles. The third-order valence-corrected chi connectivity index (χ3v) is 4.69. The zero-order valence-electron chi connectivity index (χ0n) is 14.3. The van der Waals surface area contributed by atoms with Gasteiger partial charge in [-0.1, -0.05) is 20.8 Å². The number of amides is 1. The van der Waals surface area contributed by atoms with E-state index in [1.807, 2.05) is 25.7 Å². The molecule has 0 atom stereocenters. The number of piperazine rings is 1. The van der Waals surface area contributed by atoms with Crippen molar-refractivity contribution >= 4 is 11.9 Å². The molecule has 6 heteroatoms. The predicted octanol–water partition coefficient (Wildman–Crippen LogP) is 1.34. The first kappa shape index (κ1) is 16.0. The van der Waals surface area contributed by atoms with E-state index in [-0.39, 0.29) is 16.9 Å². The van der Waals surface area contributed by atoms with Crippen LogP contribution in [0.25, 0.3) is 0 Å². The lowest BCUT2D eigenvalue weighted by molar-refractivity contribution is -0.139. The fourth-order valence-corrected chi connectivity index (χ4v) is 3.34. The van der Waals surface area contributed by atoms with Gasteiger partial charge in [-0.2, -0.15) is 0 Å². The third kappa shape index (κ3) is 3.26. The molecule has 1 saturated heterocycles. The summed E-state index contributed by atoms with van der Waals surface area (Å²) in [6, 6.07) is 0. The number of nitrogens with zero attached hydrogens (tertiary/aromatic N) is 3. The molecule has 0 spiro atoms. The van der Waals surface area contributed by atoms with Crippen LogP contribution in [0.15, 0.2) is 4.79 Å². The second kappa shape index (κ2) is 5.98. The third-order valence-electron chi connectivity index (χ3n) is 4.69. The molecular formula is C17H26N4O2. The molecule has 3 rings (SSSR count). The summed E-state index contributed by atoms with van der Waals surface area (Å²) in [5.41, 5.74) is 1.49. The summed E-state index contributed by atoms with van der Waals surface area (Å²) in [6.45, 7) is 8.62. The molecule has 1 N–H and O–H groups in total. The van der Waals surface area contributed by atoms with Crippen molar-refractivity contribution in [3.8, 4) is 0 Å². The Morgan fingerprint density at radius 3 is 2.39 bits per heavy atom. The van der Waals surface area contributed by atoms with Crippen LogP contribution in [0.5, 0.6) is 0 Å². The van der Waals surface area contributed by atoms with E-state index >= 15 is 0 Å². The fourth-order valence-electron chi connectivity index (χ4n) is 3.34. The Hall–Kier alpha value is -1.85. The number of fused-ring (bicyclic) bond motifs is 1. The van der Waals surface area contributed by atoms with Crippen LogP contribution in [0.3, 0.4) is 0 Å². The number of carbonyl (C=O) groups is 1. The van der Waals surface area contributed by atoms with E-state index in [1.165, 1.54) is 0 Å². The zero-order chi connectivity index (χ0) is 16.6. The lowest BCUT2D eigenvalue weighted by Gasteiger charge is -2.38. The highest BCUT2D eigenvalue weighted by Crippen LogP contribution is 2.21.